The van der Waals surface area contributed by atoms with Crippen LogP contribution in [0.15, 0.2) is 18.2 Å². The molecule has 1 atom stereocenters. The zero-order valence-electron chi connectivity index (χ0n) is 9.90. The number of hydrogen-bond acceptors (Lipinski definition) is 2. The second kappa shape index (κ2) is 3.42. The van der Waals surface area contributed by atoms with Crippen LogP contribution in [0.4, 0.5) is 5.69 Å². The molecule has 1 unspecified atom stereocenters. The molecule has 0 bridgehead atoms. The first-order chi connectivity index (χ1) is 8.18. The van der Waals surface area contributed by atoms with Gasteiger partial charge in [0, 0.05) is 13.0 Å². The van der Waals surface area contributed by atoms with Gasteiger partial charge in [-0.2, -0.15) is 0 Å². The van der Waals surface area contributed by atoms with Crippen molar-refractivity contribution in [2.24, 2.45) is 0 Å². The zero-order chi connectivity index (χ0) is 12.0. The van der Waals surface area contributed by atoms with E-state index in [1.54, 1.807) is 0 Å². The number of carbonyl (C=O) groups is 2. The number of para-hydroxylation sites is 1. The Morgan fingerprint density at radius 3 is 3.06 bits per heavy atom. The molecule has 0 saturated carbocycles. The average Bonchev–Trinajstić information content (AvgIpc) is 2.55. The van der Waals surface area contributed by atoms with Gasteiger partial charge in [-0.1, -0.05) is 18.2 Å². The molecule has 0 N–H and O–H groups in total. The Balaban J connectivity index is 2.24. The number of amides is 1. The maximum absolute atomic E-state index is 12.5. The lowest BCUT2D eigenvalue weighted by Gasteiger charge is -2.25. The molecule has 0 radical (unpaired) electrons. The predicted octanol–water partition coefficient (Wildman–Crippen LogP) is 1.83. The number of hydrogen-bond donors (Lipinski definition) is 0. The van der Waals surface area contributed by atoms with E-state index in [0.717, 1.165) is 36.9 Å². The van der Waals surface area contributed by atoms with Crippen LogP contribution in [-0.2, 0) is 21.4 Å². The van der Waals surface area contributed by atoms with Crippen LogP contribution in [0.25, 0.3) is 0 Å². The molecule has 3 rings (SSSR count). The minimum atomic E-state index is -0.641. The van der Waals surface area contributed by atoms with Gasteiger partial charge in [-0.05, 0) is 30.9 Å². The number of nitrogens with zero attached hydrogens (tertiary/aromatic N) is 1. The number of aldehydes is 1. The summed E-state index contributed by atoms with van der Waals surface area (Å²) < 4.78 is 0. The van der Waals surface area contributed by atoms with E-state index in [1.165, 1.54) is 5.56 Å². The zero-order valence-corrected chi connectivity index (χ0v) is 9.90. The summed E-state index contributed by atoms with van der Waals surface area (Å²) in [6.07, 6.45) is 3.18. The lowest BCUT2D eigenvalue weighted by atomic mass is 9.80. The molecule has 0 fully saturated rings. The van der Waals surface area contributed by atoms with Gasteiger partial charge >= 0.3 is 0 Å². The fourth-order valence-electron chi connectivity index (χ4n) is 3.08. The van der Waals surface area contributed by atoms with Crippen LogP contribution in [-0.4, -0.2) is 18.7 Å². The second-order valence-electron chi connectivity index (χ2n) is 5.08. The van der Waals surface area contributed by atoms with Gasteiger partial charge in [-0.3, -0.25) is 4.79 Å². The van der Waals surface area contributed by atoms with Crippen LogP contribution < -0.4 is 4.90 Å². The van der Waals surface area contributed by atoms with Crippen LogP contribution in [0.2, 0.25) is 0 Å². The Labute approximate surface area is 100 Å². The molecule has 3 nitrogen and oxygen atoms in total. The number of carbonyl (C=O) groups excluding carboxylic acids is 2. The predicted molar refractivity (Wildman–Crippen MR) is 65.1 cm³/mol. The molecule has 1 aromatic carbocycles. The number of benzene rings is 1. The third kappa shape index (κ3) is 1.22. The summed E-state index contributed by atoms with van der Waals surface area (Å²) in [6.45, 7) is 2.68. The SMILES string of the molecule is CC1(CC=O)C(=O)N2CCCc3cccc1c32. The number of anilines is 1. The minimum Gasteiger partial charge on any atom is -0.311 e. The van der Waals surface area contributed by atoms with E-state index in [-0.39, 0.29) is 12.3 Å². The quantitative estimate of drug-likeness (QED) is 0.725. The summed E-state index contributed by atoms with van der Waals surface area (Å²) in [5.41, 5.74) is 2.72. The largest absolute Gasteiger partial charge is 0.311 e. The maximum Gasteiger partial charge on any atom is 0.237 e. The van der Waals surface area contributed by atoms with Crippen LogP contribution in [0.3, 0.4) is 0 Å². The summed E-state index contributed by atoms with van der Waals surface area (Å²) in [5.74, 6) is 0.0896. The van der Waals surface area contributed by atoms with Crippen LogP contribution >= 0.6 is 0 Å². The number of rotatable bonds is 2. The average molecular weight is 229 g/mol. The molecule has 3 heteroatoms. The molecule has 2 aliphatic heterocycles. The molecule has 2 heterocycles. The van der Waals surface area contributed by atoms with E-state index >= 15 is 0 Å². The molecule has 88 valence electrons. The van der Waals surface area contributed by atoms with Crippen molar-refractivity contribution in [2.45, 2.75) is 31.6 Å². The molecule has 1 aromatic rings. The van der Waals surface area contributed by atoms with Gasteiger partial charge in [0.15, 0.2) is 0 Å². The summed E-state index contributed by atoms with van der Waals surface area (Å²) in [4.78, 5) is 25.2. The van der Waals surface area contributed by atoms with Crippen LogP contribution in [0.1, 0.15) is 30.9 Å². The first-order valence-electron chi connectivity index (χ1n) is 6.06. The highest BCUT2D eigenvalue weighted by Gasteiger charge is 2.48. The summed E-state index contributed by atoms with van der Waals surface area (Å²) in [5, 5.41) is 0. The standard InChI is InChI=1S/C14H15NO2/c1-14(7-9-16)11-6-2-4-10-5-3-8-15(12(10)11)13(14)17/h2,4,6,9H,3,5,7-8H2,1H3. The number of aryl methyl sites for hydroxylation is 1. The van der Waals surface area contributed by atoms with Crippen LogP contribution in [0, 0.1) is 0 Å². The molecular weight excluding hydrogens is 214 g/mol. The van der Waals surface area contributed by atoms with Crippen molar-refractivity contribution < 1.29 is 9.59 Å². The first kappa shape index (κ1) is 10.5. The van der Waals surface area contributed by atoms with Crippen molar-refractivity contribution in [3.05, 3.63) is 29.3 Å². The summed E-state index contributed by atoms with van der Waals surface area (Å²) in [6, 6.07) is 6.08. The molecule has 1 amide bonds. The van der Waals surface area contributed by atoms with E-state index in [2.05, 4.69) is 6.07 Å². The van der Waals surface area contributed by atoms with Crippen molar-refractivity contribution in [2.75, 3.05) is 11.4 Å². The van der Waals surface area contributed by atoms with Gasteiger partial charge in [0.05, 0.1) is 11.1 Å². The van der Waals surface area contributed by atoms with Crippen LogP contribution in [0.5, 0.6) is 0 Å². The summed E-state index contributed by atoms with van der Waals surface area (Å²) in [7, 11) is 0. The Morgan fingerprint density at radius 2 is 2.29 bits per heavy atom. The molecule has 17 heavy (non-hydrogen) atoms. The first-order valence-corrected chi connectivity index (χ1v) is 6.06. The molecule has 0 aliphatic carbocycles. The highest BCUT2D eigenvalue weighted by Crippen LogP contribution is 2.47. The van der Waals surface area contributed by atoms with Gasteiger partial charge in [0.25, 0.3) is 0 Å². The van der Waals surface area contributed by atoms with Gasteiger partial charge < -0.3 is 9.69 Å². The van der Waals surface area contributed by atoms with E-state index in [1.807, 2.05) is 24.0 Å². The monoisotopic (exact) mass is 229 g/mol. The van der Waals surface area contributed by atoms with Crippen molar-refractivity contribution in [1.29, 1.82) is 0 Å². The molecule has 0 saturated heterocycles. The Bertz CT molecular complexity index is 509. The van der Waals surface area contributed by atoms with Crippen molar-refractivity contribution in [3.63, 3.8) is 0 Å². The second-order valence-corrected chi connectivity index (χ2v) is 5.08. The fraction of sp³-hybridized carbons (Fsp3) is 0.429. The maximum atomic E-state index is 12.5. The third-order valence-corrected chi connectivity index (χ3v) is 4.02. The van der Waals surface area contributed by atoms with Crippen molar-refractivity contribution >= 4 is 17.9 Å². The summed E-state index contributed by atoms with van der Waals surface area (Å²) >= 11 is 0. The smallest absolute Gasteiger partial charge is 0.237 e. The van der Waals surface area contributed by atoms with E-state index in [4.69, 9.17) is 0 Å². The molecular formula is C14H15NO2. The van der Waals surface area contributed by atoms with E-state index in [9.17, 15) is 9.59 Å². The van der Waals surface area contributed by atoms with Gasteiger partial charge in [-0.25, -0.2) is 0 Å². The normalized spacial score (nSPS) is 25.9. The fourth-order valence-corrected chi connectivity index (χ4v) is 3.08. The topological polar surface area (TPSA) is 37.4 Å². The third-order valence-electron chi connectivity index (χ3n) is 4.02. The Hall–Kier alpha value is -1.64. The molecule has 0 spiro atoms. The molecule has 0 aromatic heterocycles. The molecule has 2 aliphatic rings. The van der Waals surface area contributed by atoms with E-state index in [0.29, 0.717) is 0 Å². The Morgan fingerprint density at radius 1 is 1.47 bits per heavy atom. The van der Waals surface area contributed by atoms with Gasteiger partial charge in [0.2, 0.25) is 5.91 Å². The highest BCUT2D eigenvalue weighted by molar-refractivity contribution is 6.09. The van der Waals surface area contributed by atoms with E-state index < -0.39 is 5.41 Å². The Kier molecular flexibility index (Phi) is 2.12. The van der Waals surface area contributed by atoms with Crippen molar-refractivity contribution in [3.8, 4) is 0 Å². The minimum absolute atomic E-state index is 0.0896. The van der Waals surface area contributed by atoms with Gasteiger partial charge in [0.1, 0.15) is 6.29 Å². The lowest BCUT2D eigenvalue weighted by molar-refractivity contribution is -0.124. The highest BCUT2D eigenvalue weighted by atomic mass is 16.2. The van der Waals surface area contributed by atoms with Gasteiger partial charge in [-0.15, -0.1) is 0 Å². The van der Waals surface area contributed by atoms with Crippen molar-refractivity contribution in [1.82, 2.24) is 0 Å². The lowest BCUT2D eigenvalue weighted by Crippen LogP contribution is -2.40.